The van der Waals surface area contributed by atoms with E-state index in [9.17, 15) is 12.8 Å². The maximum atomic E-state index is 14.6. The molecule has 34 heavy (non-hydrogen) atoms. The molecule has 0 saturated carbocycles. The number of hydrogen-bond donors (Lipinski definition) is 0. The standard InChI is InChI=1S/C23H25FN6O3S/c1-14(2)22-27-23(33-28-22)29-8-6-16(7-9-29)30-21-13-25-20(10-15(21)12-26-30)18-5-4-17(11-19(18)24)34(3,31)32/h4-5,10-14,16H,6-9H2,1-3H3. The number of aromatic nitrogens is 5. The molecular formula is C23H25FN6O3S. The molecule has 11 heteroatoms. The van der Waals surface area contributed by atoms with Crippen LogP contribution in [0.4, 0.5) is 10.4 Å². The highest BCUT2D eigenvalue weighted by molar-refractivity contribution is 7.90. The van der Waals surface area contributed by atoms with Gasteiger partial charge in [-0.25, -0.2) is 12.8 Å². The van der Waals surface area contributed by atoms with Crippen LogP contribution in [0.3, 0.4) is 0 Å². The molecule has 178 valence electrons. The molecule has 0 radical (unpaired) electrons. The van der Waals surface area contributed by atoms with E-state index in [4.69, 9.17) is 4.52 Å². The predicted octanol–water partition coefficient (Wildman–Crippen LogP) is 3.99. The number of piperidine rings is 1. The zero-order valence-electron chi connectivity index (χ0n) is 19.1. The Balaban J connectivity index is 1.34. The van der Waals surface area contributed by atoms with Crippen molar-refractivity contribution in [2.24, 2.45) is 0 Å². The first kappa shape index (κ1) is 22.5. The largest absolute Gasteiger partial charge is 0.324 e. The Morgan fingerprint density at radius 3 is 2.56 bits per heavy atom. The normalized spacial score (nSPS) is 15.5. The number of benzene rings is 1. The van der Waals surface area contributed by atoms with Crippen molar-refractivity contribution in [2.45, 2.75) is 43.5 Å². The smallest absolute Gasteiger partial charge is 0.324 e. The zero-order chi connectivity index (χ0) is 24.0. The topological polar surface area (TPSA) is 107 Å². The van der Waals surface area contributed by atoms with E-state index in [1.165, 1.54) is 12.1 Å². The minimum absolute atomic E-state index is 0.0602. The van der Waals surface area contributed by atoms with Crippen molar-refractivity contribution in [3.63, 3.8) is 0 Å². The summed E-state index contributed by atoms with van der Waals surface area (Å²) >= 11 is 0. The minimum atomic E-state index is -3.48. The summed E-state index contributed by atoms with van der Waals surface area (Å²) in [6.45, 7) is 5.61. The summed E-state index contributed by atoms with van der Waals surface area (Å²) in [6.07, 6.45) is 6.22. The maximum Gasteiger partial charge on any atom is 0.324 e. The second kappa shape index (κ2) is 8.46. The first-order valence-corrected chi connectivity index (χ1v) is 13.0. The Bertz CT molecular complexity index is 1450. The molecular weight excluding hydrogens is 459 g/mol. The van der Waals surface area contributed by atoms with Gasteiger partial charge in [-0.1, -0.05) is 19.0 Å². The number of pyridine rings is 1. The van der Waals surface area contributed by atoms with Crippen molar-refractivity contribution in [1.29, 1.82) is 0 Å². The molecule has 3 aromatic heterocycles. The van der Waals surface area contributed by atoms with E-state index in [1.807, 2.05) is 18.5 Å². The van der Waals surface area contributed by atoms with Crippen LogP contribution in [-0.4, -0.2) is 52.7 Å². The average molecular weight is 485 g/mol. The molecule has 1 aliphatic heterocycles. The van der Waals surface area contributed by atoms with Crippen LogP contribution in [-0.2, 0) is 9.84 Å². The fraction of sp³-hybridized carbons (Fsp3) is 0.391. The van der Waals surface area contributed by atoms with E-state index in [0.717, 1.165) is 49.2 Å². The van der Waals surface area contributed by atoms with Crippen molar-refractivity contribution in [3.05, 3.63) is 48.3 Å². The maximum absolute atomic E-state index is 14.6. The lowest BCUT2D eigenvalue weighted by molar-refractivity contribution is 0.347. The predicted molar refractivity (Wildman–Crippen MR) is 125 cm³/mol. The van der Waals surface area contributed by atoms with Crippen LogP contribution in [0, 0.1) is 5.82 Å². The molecule has 0 atom stereocenters. The van der Waals surface area contributed by atoms with Crippen molar-refractivity contribution < 1.29 is 17.3 Å². The molecule has 9 nitrogen and oxygen atoms in total. The highest BCUT2D eigenvalue weighted by atomic mass is 32.2. The number of fused-ring (bicyclic) bond motifs is 1. The highest BCUT2D eigenvalue weighted by Gasteiger charge is 2.26. The summed E-state index contributed by atoms with van der Waals surface area (Å²) in [5.41, 5.74) is 1.54. The van der Waals surface area contributed by atoms with Crippen LogP contribution in [0.2, 0.25) is 0 Å². The van der Waals surface area contributed by atoms with Gasteiger partial charge in [0.1, 0.15) is 5.82 Å². The summed E-state index contributed by atoms with van der Waals surface area (Å²) in [5, 5.41) is 9.47. The van der Waals surface area contributed by atoms with Gasteiger partial charge in [0.15, 0.2) is 15.7 Å². The van der Waals surface area contributed by atoms with Crippen LogP contribution in [0.5, 0.6) is 0 Å². The number of anilines is 1. The van der Waals surface area contributed by atoms with Crippen LogP contribution in [0.25, 0.3) is 22.2 Å². The molecule has 0 aliphatic carbocycles. The van der Waals surface area contributed by atoms with Gasteiger partial charge in [0.05, 0.1) is 34.5 Å². The van der Waals surface area contributed by atoms with Gasteiger partial charge in [0, 0.05) is 36.2 Å². The molecule has 1 saturated heterocycles. The van der Waals surface area contributed by atoms with E-state index in [-0.39, 0.29) is 22.4 Å². The van der Waals surface area contributed by atoms with E-state index >= 15 is 0 Å². The average Bonchev–Trinajstić information content (AvgIpc) is 3.46. The molecule has 0 spiro atoms. The van der Waals surface area contributed by atoms with Crippen molar-refractivity contribution in [2.75, 3.05) is 24.2 Å². The third-order valence-corrected chi connectivity index (χ3v) is 7.27. The van der Waals surface area contributed by atoms with Gasteiger partial charge in [0.2, 0.25) is 0 Å². The van der Waals surface area contributed by atoms with Gasteiger partial charge >= 0.3 is 6.01 Å². The second-order valence-corrected chi connectivity index (χ2v) is 11.0. The minimum Gasteiger partial charge on any atom is -0.324 e. The van der Waals surface area contributed by atoms with Crippen LogP contribution < -0.4 is 4.90 Å². The third kappa shape index (κ3) is 4.15. The Morgan fingerprint density at radius 2 is 1.91 bits per heavy atom. The van der Waals surface area contributed by atoms with E-state index in [0.29, 0.717) is 17.5 Å². The lowest BCUT2D eigenvalue weighted by atomic mass is 10.1. The van der Waals surface area contributed by atoms with Crippen molar-refractivity contribution >= 4 is 26.8 Å². The summed E-state index contributed by atoms with van der Waals surface area (Å²) in [6, 6.07) is 6.40. The fourth-order valence-corrected chi connectivity index (χ4v) is 4.84. The Kier molecular flexibility index (Phi) is 5.59. The summed E-state index contributed by atoms with van der Waals surface area (Å²) in [5.74, 6) is 0.296. The highest BCUT2D eigenvalue weighted by Crippen LogP contribution is 2.31. The van der Waals surface area contributed by atoms with Crippen LogP contribution in [0.1, 0.15) is 44.5 Å². The molecule has 4 aromatic rings. The summed E-state index contributed by atoms with van der Waals surface area (Å²) in [4.78, 5) is 11.0. The number of hydrogen-bond acceptors (Lipinski definition) is 8. The quantitative estimate of drug-likeness (QED) is 0.419. The monoisotopic (exact) mass is 484 g/mol. The van der Waals surface area contributed by atoms with Gasteiger partial charge in [-0.2, -0.15) is 10.1 Å². The Morgan fingerprint density at radius 1 is 1.15 bits per heavy atom. The number of rotatable bonds is 5. The van der Waals surface area contributed by atoms with Gasteiger partial charge in [-0.3, -0.25) is 9.67 Å². The molecule has 1 aliphatic rings. The molecule has 1 aromatic carbocycles. The Labute approximate surface area is 196 Å². The van der Waals surface area contributed by atoms with E-state index < -0.39 is 15.7 Å². The fourth-order valence-electron chi connectivity index (χ4n) is 4.21. The van der Waals surface area contributed by atoms with Crippen molar-refractivity contribution in [3.8, 4) is 11.3 Å². The van der Waals surface area contributed by atoms with Crippen LogP contribution >= 0.6 is 0 Å². The van der Waals surface area contributed by atoms with Gasteiger partial charge in [-0.05, 0) is 37.1 Å². The van der Waals surface area contributed by atoms with E-state index in [1.54, 1.807) is 18.5 Å². The lowest BCUT2D eigenvalue weighted by Crippen LogP contribution is -2.35. The van der Waals surface area contributed by atoms with Crippen LogP contribution in [0.15, 0.2) is 46.1 Å². The first-order valence-electron chi connectivity index (χ1n) is 11.1. The number of halogens is 1. The summed E-state index contributed by atoms with van der Waals surface area (Å²) in [7, 11) is -3.48. The molecule has 0 unspecified atom stereocenters. The second-order valence-electron chi connectivity index (χ2n) is 8.94. The molecule has 0 bridgehead atoms. The molecule has 5 rings (SSSR count). The molecule has 0 N–H and O–H groups in total. The molecule has 4 heterocycles. The van der Waals surface area contributed by atoms with Gasteiger partial charge < -0.3 is 9.42 Å². The first-order chi connectivity index (χ1) is 16.2. The van der Waals surface area contributed by atoms with Crippen molar-refractivity contribution in [1.82, 2.24) is 24.9 Å². The molecule has 1 fully saturated rings. The molecule has 0 amide bonds. The summed E-state index contributed by atoms with van der Waals surface area (Å²) < 4.78 is 45.4. The number of sulfone groups is 1. The van der Waals surface area contributed by atoms with Gasteiger partial charge in [-0.15, -0.1) is 0 Å². The van der Waals surface area contributed by atoms with E-state index in [2.05, 4.69) is 25.1 Å². The lowest BCUT2D eigenvalue weighted by Gasteiger charge is -2.30. The SMILES string of the molecule is CC(C)c1noc(N2CCC(n3ncc4cc(-c5ccc(S(C)(=O)=O)cc5F)ncc43)CC2)n1. The zero-order valence-corrected chi connectivity index (χ0v) is 20.0. The Hall–Kier alpha value is -3.34. The van der Waals surface area contributed by atoms with Gasteiger partial charge in [0.25, 0.3) is 0 Å². The number of nitrogens with zero attached hydrogens (tertiary/aromatic N) is 6. The third-order valence-electron chi connectivity index (χ3n) is 6.15.